The van der Waals surface area contributed by atoms with Crippen molar-refractivity contribution in [3.63, 3.8) is 0 Å². The first-order valence-corrected chi connectivity index (χ1v) is 8.53. The molecule has 2 aliphatic rings. The largest absolute Gasteiger partial charge is 0.314 e. The van der Waals surface area contributed by atoms with Crippen LogP contribution in [0.2, 0.25) is 0 Å². The maximum absolute atomic E-state index is 4.50. The molecule has 1 aromatic rings. The number of rotatable bonds is 5. The van der Waals surface area contributed by atoms with Crippen LogP contribution in [0.15, 0.2) is 10.7 Å². The number of aromatic nitrogens is 2. The lowest BCUT2D eigenvalue weighted by molar-refractivity contribution is 0.282. The lowest BCUT2D eigenvalue weighted by Crippen LogP contribution is -2.31. The summed E-state index contributed by atoms with van der Waals surface area (Å²) in [5.41, 5.74) is 1.43. The molecule has 3 rings (SSSR count). The molecule has 2 saturated carbocycles. The summed E-state index contributed by atoms with van der Waals surface area (Å²) >= 11 is 3.71. The lowest BCUT2D eigenvalue weighted by atomic mass is 9.77. The van der Waals surface area contributed by atoms with E-state index in [9.17, 15) is 0 Å². The van der Waals surface area contributed by atoms with Gasteiger partial charge in [-0.05, 0) is 61.0 Å². The van der Waals surface area contributed by atoms with Crippen molar-refractivity contribution in [3.05, 3.63) is 16.4 Å². The van der Waals surface area contributed by atoms with Gasteiger partial charge in [0.05, 0.1) is 16.4 Å². The highest BCUT2D eigenvalue weighted by molar-refractivity contribution is 9.10. The molecule has 3 nitrogen and oxygen atoms in total. The summed E-state index contributed by atoms with van der Waals surface area (Å²) in [6, 6.07) is 0.821. The van der Waals surface area contributed by atoms with Gasteiger partial charge in [-0.3, -0.25) is 4.68 Å². The van der Waals surface area contributed by atoms with Crippen LogP contribution in [0.3, 0.4) is 0 Å². The third kappa shape index (κ3) is 3.05. The molecule has 19 heavy (non-hydrogen) atoms. The molecule has 0 aromatic carbocycles. The van der Waals surface area contributed by atoms with Crippen LogP contribution in [0.25, 0.3) is 0 Å². The topological polar surface area (TPSA) is 29.9 Å². The Bertz CT molecular complexity index is 425. The second-order valence-electron chi connectivity index (χ2n) is 6.03. The Morgan fingerprint density at radius 1 is 1.32 bits per heavy atom. The van der Waals surface area contributed by atoms with Gasteiger partial charge < -0.3 is 5.32 Å². The summed E-state index contributed by atoms with van der Waals surface area (Å²) in [6.45, 7) is 4.35. The molecule has 2 aliphatic carbocycles. The molecular formula is C15H24BrN3. The van der Waals surface area contributed by atoms with Gasteiger partial charge in [0.1, 0.15) is 0 Å². The number of halogens is 1. The molecule has 2 atom stereocenters. The van der Waals surface area contributed by atoms with E-state index < -0.39 is 0 Å². The fourth-order valence-corrected chi connectivity index (χ4v) is 4.00. The van der Waals surface area contributed by atoms with E-state index in [4.69, 9.17) is 0 Å². The molecule has 2 fully saturated rings. The van der Waals surface area contributed by atoms with E-state index in [1.807, 2.05) is 6.20 Å². The van der Waals surface area contributed by atoms with E-state index in [1.54, 1.807) is 0 Å². The van der Waals surface area contributed by atoms with Crippen molar-refractivity contribution in [1.82, 2.24) is 15.1 Å². The van der Waals surface area contributed by atoms with Gasteiger partial charge in [0, 0.05) is 18.5 Å². The minimum atomic E-state index is 0.678. The maximum atomic E-state index is 4.50. The highest BCUT2D eigenvalue weighted by Gasteiger charge is 2.32. The van der Waals surface area contributed by atoms with E-state index >= 15 is 0 Å². The first-order chi connectivity index (χ1) is 9.29. The molecule has 0 bridgehead atoms. The maximum Gasteiger partial charge on any atom is 0.0635 e. The monoisotopic (exact) mass is 325 g/mol. The molecule has 0 aliphatic heterocycles. The van der Waals surface area contributed by atoms with Crippen molar-refractivity contribution >= 4 is 15.9 Å². The zero-order valence-corrected chi connectivity index (χ0v) is 13.3. The van der Waals surface area contributed by atoms with Gasteiger partial charge in [0.15, 0.2) is 0 Å². The molecule has 0 amide bonds. The van der Waals surface area contributed by atoms with Crippen molar-refractivity contribution in [1.29, 1.82) is 0 Å². The van der Waals surface area contributed by atoms with E-state index in [0.29, 0.717) is 5.92 Å². The molecule has 4 heteroatoms. The summed E-state index contributed by atoms with van der Waals surface area (Å²) in [4.78, 5) is 0. The van der Waals surface area contributed by atoms with Gasteiger partial charge >= 0.3 is 0 Å². The Kier molecular flexibility index (Phi) is 4.27. The van der Waals surface area contributed by atoms with Crippen LogP contribution in [-0.4, -0.2) is 22.4 Å². The standard InChI is InChI=1S/C15H24BrN3/c1-2-19-15(14(16)10-18-19)13-6-4-3-5-11(13)9-17-12-7-8-12/h10-13,17H,2-9H2,1H3. The van der Waals surface area contributed by atoms with Crippen molar-refractivity contribution in [2.45, 2.75) is 64.0 Å². The minimum absolute atomic E-state index is 0.678. The van der Waals surface area contributed by atoms with Crippen LogP contribution in [0.5, 0.6) is 0 Å². The van der Waals surface area contributed by atoms with Gasteiger partial charge in [0.2, 0.25) is 0 Å². The Labute approximate surface area is 124 Å². The Balaban J connectivity index is 1.75. The van der Waals surface area contributed by atoms with Crippen LogP contribution in [-0.2, 0) is 6.54 Å². The second kappa shape index (κ2) is 5.96. The summed E-state index contributed by atoms with van der Waals surface area (Å²) < 4.78 is 3.39. The van der Waals surface area contributed by atoms with E-state index in [2.05, 4.69) is 38.0 Å². The van der Waals surface area contributed by atoms with Gasteiger partial charge in [-0.1, -0.05) is 12.8 Å². The zero-order valence-electron chi connectivity index (χ0n) is 11.7. The third-order valence-corrected chi connectivity index (χ3v) is 5.25. The fraction of sp³-hybridized carbons (Fsp3) is 0.800. The normalized spacial score (nSPS) is 27.7. The molecular weight excluding hydrogens is 302 g/mol. The van der Waals surface area contributed by atoms with E-state index in [-0.39, 0.29) is 0 Å². The lowest BCUT2D eigenvalue weighted by Gasteiger charge is -2.32. The molecule has 0 spiro atoms. The van der Waals surface area contributed by atoms with Crippen LogP contribution in [0, 0.1) is 5.92 Å². The highest BCUT2D eigenvalue weighted by atomic mass is 79.9. The fourth-order valence-electron chi connectivity index (χ4n) is 3.41. The molecule has 0 saturated heterocycles. The Hall–Kier alpha value is -0.350. The molecule has 1 aromatic heterocycles. The number of hydrogen-bond acceptors (Lipinski definition) is 2. The first-order valence-electron chi connectivity index (χ1n) is 7.74. The van der Waals surface area contributed by atoms with Gasteiger partial charge in [0.25, 0.3) is 0 Å². The summed E-state index contributed by atoms with van der Waals surface area (Å²) in [6.07, 6.45) is 10.2. The highest BCUT2D eigenvalue weighted by Crippen LogP contribution is 2.40. The number of nitrogens with one attached hydrogen (secondary N) is 1. The van der Waals surface area contributed by atoms with E-state index in [0.717, 1.165) is 18.5 Å². The van der Waals surface area contributed by atoms with Crippen LogP contribution in [0.1, 0.15) is 57.1 Å². The van der Waals surface area contributed by atoms with Crippen molar-refractivity contribution in [3.8, 4) is 0 Å². The Morgan fingerprint density at radius 2 is 2.11 bits per heavy atom. The number of nitrogens with zero attached hydrogens (tertiary/aromatic N) is 2. The molecule has 106 valence electrons. The molecule has 0 radical (unpaired) electrons. The molecule has 1 N–H and O–H groups in total. The van der Waals surface area contributed by atoms with Crippen LogP contribution in [0.4, 0.5) is 0 Å². The summed E-state index contributed by atoms with van der Waals surface area (Å²) in [5, 5.41) is 8.23. The minimum Gasteiger partial charge on any atom is -0.314 e. The second-order valence-corrected chi connectivity index (χ2v) is 6.88. The smallest absolute Gasteiger partial charge is 0.0635 e. The van der Waals surface area contributed by atoms with E-state index in [1.165, 1.54) is 55.2 Å². The number of hydrogen-bond donors (Lipinski definition) is 1. The van der Waals surface area contributed by atoms with Gasteiger partial charge in [-0.2, -0.15) is 5.10 Å². The average molecular weight is 326 g/mol. The van der Waals surface area contributed by atoms with Crippen molar-refractivity contribution in [2.75, 3.05) is 6.54 Å². The third-order valence-electron chi connectivity index (χ3n) is 4.64. The predicted octanol–water partition coefficient (Wildman–Crippen LogP) is 3.69. The predicted molar refractivity (Wildman–Crippen MR) is 81.3 cm³/mol. The average Bonchev–Trinajstić information content (AvgIpc) is 3.19. The zero-order chi connectivity index (χ0) is 13.2. The first kappa shape index (κ1) is 13.6. The van der Waals surface area contributed by atoms with Gasteiger partial charge in [-0.25, -0.2) is 0 Å². The molecule has 2 unspecified atom stereocenters. The molecule has 1 heterocycles. The van der Waals surface area contributed by atoms with Crippen LogP contribution < -0.4 is 5.32 Å². The summed E-state index contributed by atoms with van der Waals surface area (Å²) in [7, 11) is 0. The Morgan fingerprint density at radius 3 is 2.84 bits per heavy atom. The number of aryl methyl sites for hydroxylation is 1. The van der Waals surface area contributed by atoms with Crippen molar-refractivity contribution < 1.29 is 0 Å². The quantitative estimate of drug-likeness (QED) is 0.894. The van der Waals surface area contributed by atoms with Crippen LogP contribution >= 0.6 is 15.9 Å². The van der Waals surface area contributed by atoms with Gasteiger partial charge in [-0.15, -0.1) is 0 Å². The summed E-state index contributed by atoms with van der Waals surface area (Å²) in [5.74, 6) is 1.46. The van der Waals surface area contributed by atoms with Crippen molar-refractivity contribution in [2.24, 2.45) is 5.92 Å². The SMILES string of the molecule is CCn1ncc(Br)c1C1CCCCC1CNC1CC1.